The molecule has 51 heavy (non-hydrogen) atoms. The van der Waals surface area contributed by atoms with Crippen LogP contribution in [0.25, 0.3) is 22.3 Å². The van der Waals surface area contributed by atoms with E-state index in [-0.39, 0.29) is 34.4 Å². The third-order valence-electron chi connectivity index (χ3n) is 7.62. The number of aromatic nitrogens is 4. The third-order valence-corrected chi connectivity index (χ3v) is 9.30. The van der Waals surface area contributed by atoms with Gasteiger partial charge in [-0.15, -0.1) is 0 Å². The monoisotopic (exact) mass is 704 g/mol. The van der Waals surface area contributed by atoms with E-state index in [0.29, 0.717) is 34.3 Å². The average Bonchev–Trinajstić information content (AvgIpc) is 3.52. The maximum Gasteiger partial charge on any atom is 0.414 e. The van der Waals surface area contributed by atoms with Gasteiger partial charge in [-0.1, -0.05) is 42.5 Å². The van der Waals surface area contributed by atoms with Crippen molar-refractivity contribution in [2.24, 2.45) is 0 Å². The number of nitrogens with one attached hydrogen (secondary N) is 1. The summed E-state index contributed by atoms with van der Waals surface area (Å²) in [5, 5.41) is 14.1. The first-order valence-electron chi connectivity index (χ1n) is 15.8. The lowest BCUT2D eigenvalue weighted by Crippen LogP contribution is -2.28. The molecule has 6 aromatic rings. The molecule has 6 rings (SSSR count). The van der Waals surface area contributed by atoms with Crippen LogP contribution in [-0.2, 0) is 27.6 Å². The summed E-state index contributed by atoms with van der Waals surface area (Å²) in [5.74, 6) is -0.200. The summed E-state index contributed by atoms with van der Waals surface area (Å²) >= 11 is 0. The van der Waals surface area contributed by atoms with Crippen LogP contribution in [0.4, 0.5) is 16.4 Å². The second kappa shape index (κ2) is 13.9. The molecule has 3 aromatic carbocycles. The van der Waals surface area contributed by atoms with Gasteiger partial charge in [0.15, 0.2) is 11.4 Å². The van der Waals surface area contributed by atoms with Crippen molar-refractivity contribution in [1.29, 1.82) is 0 Å². The van der Waals surface area contributed by atoms with Gasteiger partial charge in [-0.2, -0.15) is 0 Å². The van der Waals surface area contributed by atoms with Gasteiger partial charge in [0.05, 0.1) is 21.2 Å². The predicted octanol–water partition coefficient (Wildman–Crippen LogP) is 7.00. The zero-order valence-corrected chi connectivity index (χ0v) is 28.6. The molecule has 0 spiro atoms. The summed E-state index contributed by atoms with van der Waals surface area (Å²) in [6, 6.07) is 26.1. The number of rotatable bonds is 10. The Morgan fingerprint density at radius 2 is 1.63 bits per heavy atom. The number of Topliss-reactive ketones (excluding diaryl/α,β-unsaturated/α-hetero) is 1. The summed E-state index contributed by atoms with van der Waals surface area (Å²) < 4.78 is 33.2. The molecule has 3 aromatic heterocycles. The van der Waals surface area contributed by atoms with Gasteiger partial charge in [0.1, 0.15) is 5.60 Å². The number of pyridine rings is 1. The van der Waals surface area contributed by atoms with E-state index < -0.39 is 26.6 Å². The Morgan fingerprint density at radius 1 is 0.902 bits per heavy atom. The third kappa shape index (κ3) is 8.13. The Hall–Kier alpha value is -6.28. The quantitative estimate of drug-likeness (QED) is 0.0887. The number of benzene rings is 3. The maximum absolute atomic E-state index is 13.3. The van der Waals surface area contributed by atoms with Gasteiger partial charge in [-0.3, -0.25) is 20.2 Å². The van der Waals surface area contributed by atoms with Gasteiger partial charge in [-0.25, -0.2) is 32.1 Å². The first-order valence-corrected chi connectivity index (χ1v) is 17.2. The van der Waals surface area contributed by atoms with Crippen LogP contribution in [0, 0.1) is 10.1 Å². The average molecular weight is 705 g/mol. The van der Waals surface area contributed by atoms with Crippen LogP contribution < -0.4 is 5.32 Å². The number of hydrogen-bond acceptors (Lipinski definition) is 10. The minimum atomic E-state index is -3.89. The summed E-state index contributed by atoms with van der Waals surface area (Å²) in [7, 11) is -3.89. The molecule has 0 saturated heterocycles. The van der Waals surface area contributed by atoms with Crippen molar-refractivity contribution in [2.45, 2.75) is 44.1 Å². The Bertz CT molecular complexity index is 2390. The topological polar surface area (TPSA) is 176 Å². The number of nitro groups is 1. The van der Waals surface area contributed by atoms with Gasteiger partial charge in [0.2, 0.25) is 5.95 Å². The van der Waals surface area contributed by atoms with E-state index in [1.54, 1.807) is 57.2 Å². The van der Waals surface area contributed by atoms with Gasteiger partial charge >= 0.3 is 6.09 Å². The molecule has 13 nitrogen and oxygen atoms in total. The second-order valence-electron chi connectivity index (χ2n) is 12.7. The normalized spacial score (nSPS) is 11.7. The molecule has 0 aliphatic carbocycles. The molecule has 0 fully saturated rings. The van der Waals surface area contributed by atoms with Crippen LogP contribution >= 0.6 is 0 Å². The second-order valence-corrected chi connectivity index (χ2v) is 14.5. The molecular formula is C37H32N6O7S. The number of nitro benzene ring substituents is 1. The van der Waals surface area contributed by atoms with E-state index in [2.05, 4.69) is 20.3 Å². The summed E-state index contributed by atoms with van der Waals surface area (Å²) in [5.41, 5.74) is 2.82. The summed E-state index contributed by atoms with van der Waals surface area (Å²) in [4.78, 5) is 49.9. The number of ketones is 1. The van der Waals surface area contributed by atoms with Gasteiger partial charge in [0.25, 0.3) is 15.7 Å². The van der Waals surface area contributed by atoms with Crippen molar-refractivity contribution in [3.63, 3.8) is 0 Å². The van der Waals surface area contributed by atoms with Gasteiger partial charge in [-0.05, 0) is 74.4 Å². The Labute approximate surface area is 293 Å². The number of ether oxygens (including phenoxy) is 1. The number of anilines is 1. The fraction of sp³-hybridized carbons (Fsp3) is 0.162. The van der Waals surface area contributed by atoms with E-state index in [4.69, 9.17) is 4.74 Å². The first kappa shape index (κ1) is 34.6. The summed E-state index contributed by atoms with van der Waals surface area (Å²) in [6.45, 7) is 5.21. The van der Waals surface area contributed by atoms with Crippen molar-refractivity contribution < 1.29 is 27.7 Å². The Balaban J connectivity index is 1.30. The van der Waals surface area contributed by atoms with E-state index in [9.17, 15) is 28.1 Å². The van der Waals surface area contributed by atoms with Crippen LogP contribution in [0.5, 0.6) is 0 Å². The van der Waals surface area contributed by atoms with Crippen LogP contribution in [0.15, 0.2) is 114 Å². The van der Waals surface area contributed by atoms with Gasteiger partial charge < -0.3 is 4.74 Å². The van der Waals surface area contributed by atoms with Crippen LogP contribution in [0.3, 0.4) is 0 Å². The molecule has 0 unspecified atom stereocenters. The number of non-ortho nitro benzene ring substituents is 1. The van der Waals surface area contributed by atoms with Crippen LogP contribution in [0.1, 0.15) is 48.0 Å². The van der Waals surface area contributed by atoms with Crippen molar-refractivity contribution >= 4 is 44.6 Å². The molecule has 0 aliphatic heterocycles. The zero-order chi connectivity index (χ0) is 36.3. The highest BCUT2D eigenvalue weighted by Crippen LogP contribution is 2.27. The van der Waals surface area contributed by atoms with Crippen LogP contribution in [-0.4, -0.2) is 49.7 Å². The summed E-state index contributed by atoms with van der Waals surface area (Å²) in [6.07, 6.45) is 2.60. The van der Waals surface area contributed by atoms with E-state index in [1.165, 1.54) is 48.8 Å². The van der Waals surface area contributed by atoms with Gasteiger partial charge in [0, 0.05) is 53.9 Å². The van der Waals surface area contributed by atoms with E-state index in [1.807, 2.05) is 24.3 Å². The lowest BCUT2D eigenvalue weighted by molar-refractivity contribution is -0.384. The van der Waals surface area contributed by atoms with Crippen molar-refractivity contribution in [1.82, 2.24) is 18.9 Å². The van der Waals surface area contributed by atoms with E-state index in [0.717, 1.165) is 15.1 Å². The number of carbonyl (C=O) groups excluding carboxylic acids is 2. The molecule has 258 valence electrons. The smallest absolute Gasteiger partial charge is 0.414 e. The number of hydrogen-bond donors (Lipinski definition) is 1. The fourth-order valence-corrected chi connectivity index (χ4v) is 6.67. The minimum Gasteiger partial charge on any atom is -0.444 e. The first-order chi connectivity index (χ1) is 24.2. The highest BCUT2D eigenvalue weighted by Gasteiger charge is 2.21. The lowest BCUT2D eigenvalue weighted by Gasteiger charge is -2.19. The molecule has 0 radical (unpaired) electrons. The number of fused-ring (bicyclic) bond motifs is 1. The highest BCUT2D eigenvalue weighted by molar-refractivity contribution is 7.90. The highest BCUT2D eigenvalue weighted by atomic mass is 32.2. The van der Waals surface area contributed by atoms with Crippen molar-refractivity contribution in [2.75, 3.05) is 5.32 Å². The Kier molecular flexibility index (Phi) is 9.44. The van der Waals surface area contributed by atoms with Crippen molar-refractivity contribution in [3.8, 4) is 11.3 Å². The molecule has 0 atom stereocenters. The SMILES string of the molecule is CC(C)(C)OC(=O)Nc1nc(Cc2cccc(CC(=O)c3ccc([N+](=O)[O-])cc3)c2)cc(-c2cnc3c(ccn3S(=O)(=O)c3ccccc3)c2)n1. The lowest BCUT2D eigenvalue weighted by atomic mass is 9.99. The fourth-order valence-electron chi connectivity index (χ4n) is 5.34. The zero-order valence-electron chi connectivity index (χ0n) is 27.8. The predicted molar refractivity (Wildman–Crippen MR) is 190 cm³/mol. The number of amides is 1. The Morgan fingerprint density at radius 3 is 2.33 bits per heavy atom. The van der Waals surface area contributed by atoms with E-state index >= 15 is 0 Å². The largest absolute Gasteiger partial charge is 0.444 e. The number of carbonyl (C=O) groups is 2. The molecular weight excluding hydrogens is 673 g/mol. The van der Waals surface area contributed by atoms with Crippen LogP contribution in [0.2, 0.25) is 0 Å². The molecule has 3 heterocycles. The molecule has 0 saturated carbocycles. The number of nitrogens with zero attached hydrogens (tertiary/aromatic N) is 5. The molecule has 0 aliphatic rings. The molecule has 0 bridgehead atoms. The van der Waals surface area contributed by atoms with Crippen molar-refractivity contribution in [3.05, 3.63) is 142 Å². The standard InChI is InChI=1S/C37H32N6O7S/c1-37(2,3)50-36(45)41-35-39-29(19-24-8-7-9-25(18-24)20-33(44)26-12-14-30(15-13-26)43(46)47)22-32(40-35)28-21-27-16-17-42(34(27)38-23-28)51(48,49)31-10-5-4-6-11-31/h4-18,21-23H,19-20H2,1-3H3,(H,39,40,41,45). The minimum absolute atomic E-state index is 0.00873. The molecule has 1 N–H and O–H groups in total. The maximum atomic E-state index is 13.3. The molecule has 1 amide bonds. The molecule has 14 heteroatoms.